The fraction of sp³-hybridized carbons (Fsp3) is 0.188. The summed E-state index contributed by atoms with van der Waals surface area (Å²) in [7, 11) is 0. The molecule has 0 unspecified atom stereocenters. The van der Waals surface area contributed by atoms with Gasteiger partial charge in [0.2, 0.25) is 0 Å². The molecule has 0 saturated heterocycles. The molecule has 1 amide bonds. The molecule has 21 heavy (non-hydrogen) atoms. The van der Waals surface area contributed by atoms with E-state index in [2.05, 4.69) is 5.32 Å². The van der Waals surface area contributed by atoms with Crippen molar-refractivity contribution in [3.63, 3.8) is 0 Å². The van der Waals surface area contributed by atoms with Gasteiger partial charge in [0.25, 0.3) is 5.91 Å². The molecule has 0 aliphatic carbocycles. The summed E-state index contributed by atoms with van der Waals surface area (Å²) in [5, 5.41) is 11.5. The number of hydrogen-bond donors (Lipinski definition) is 2. The van der Waals surface area contributed by atoms with Gasteiger partial charge in [0.1, 0.15) is 11.6 Å². The van der Waals surface area contributed by atoms with Crippen LogP contribution in [0.1, 0.15) is 5.56 Å². The van der Waals surface area contributed by atoms with Gasteiger partial charge in [-0.1, -0.05) is 18.2 Å². The van der Waals surface area contributed by atoms with Crippen LogP contribution in [0.25, 0.3) is 0 Å². The van der Waals surface area contributed by atoms with E-state index in [0.717, 1.165) is 5.56 Å². The maximum atomic E-state index is 12.9. The number of rotatable bonds is 6. The Labute approximate surface area is 122 Å². The monoisotopic (exact) mass is 289 g/mol. The summed E-state index contributed by atoms with van der Waals surface area (Å²) in [5.41, 5.74) is 1.64. The summed E-state index contributed by atoms with van der Waals surface area (Å²) in [4.78, 5) is 11.7. The van der Waals surface area contributed by atoms with Gasteiger partial charge in [0.05, 0.1) is 0 Å². The predicted octanol–water partition coefficient (Wildman–Crippen LogP) is 2.38. The minimum absolute atomic E-state index is 0.0905. The molecular weight excluding hydrogens is 273 g/mol. The summed E-state index contributed by atoms with van der Waals surface area (Å²) in [6.07, 6.45) is 0.580. The van der Waals surface area contributed by atoms with Crippen LogP contribution in [0.15, 0.2) is 48.5 Å². The average Bonchev–Trinajstić information content (AvgIpc) is 2.48. The largest absolute Gasteiger partial charge is 0.484 e. The second-order valence-corrected chi connectivity index (χ2v) is 4.46. The molecule has 0 radical (unpaired) electrons. The van der Waals surface area contributed by atoms with E-state index < -0.39 is 5.82 Å². The van der Waals surface area contributed by atoms with Gasteiger partial charge in [-0.3, -0.25) is 4.79 Å². The van der Waals surface area contributed by atoms with Gasteiger partial charge in [0.15, 0.2) is 6.61 Å². The molecule has 2 aromatic carbocycles. The summed E-state index contributed by atoms with van der Waals surface area (Å²) < 4.78 is 18.1. The number of carbonyl (C=O) groups excluding carboxylic acids is 1. The first kappa shape index (κ1) is 15.0. The third-order valence-corrected chi connectivity index (χ3v) is 2.80. The Morgan fingerprint density at radius 3 is 2.62 bits per heavy atom. The van der Waals surface area contributed by atoms with Crippen molar-refractivity contribution in [2.24, 2.45) is 0 Å². The van der Waals surface area contributed by atoms with Gasteiger partial charge in [0, 0.05) is 18.4 Å². The van der Waals surface area contributed by atoms with Crippen LogP contribution in [0, 0.1) is 5.82 Å². The highest BCUT2D eigenvalue weighted by Crippen LogP contribution is 2.13. The lowest BCUT2D eigenvalue weighted by atomic mass is 10.1. The zero-order chi connectivity index (χ0) is 15.1. The van der Waals surface area contributed by atoms with Crippen LogP contribution in [-0.4, -0.2) is 24.2 Å². The lowest BCUT2D eigenvalue weighted by Gasteiger charge is -2.08. The zero-order valence-electron chi connectivity index (χ0n) is 11.4. The maximum Gasteiger partial charge on any atom is 0.262 e. The molecule has 0 spiro atoms. The standard InChI is InChI=1S/C16H16FNO3/c17-13-2-1-3-15(10-13)21-11-16(20)18-14-6-4-12(5-7-14)8-9-19/h1-7,10,19H,8-9,11H2,(H,18,20). The first-order valence-electron chi connectivity index (χ1n) is 6.55. The summed E-state index contributed by atoms with van der Waals surface area (Å²) in [6.45, 7) is -0.102. The van der Waals surface area contributed by atoms with Crippen LogP contribution in [0.3, 0.4) is 0 Å². The minimum Gasteiger partial charge on any atom is -0.484 e. The number of aliphatic hydroxyl groups excluding tert-OH is 1. The highest BCUT2D eigenvalue weighted by Gasteiger charge is 2.04. The van der Waals surface area contributed by atoms with E-state index in [1.54, 1.807) is 18.2 Å². The molecule has 2 aromatic rings. The molecule has 5 heteroatoms. The van der Waals surface area contributed by atoms with Crippen molar-refractivity contribution in [2.45, 2.75) is 6.42 Å². The minimum atomic E-state index is -0.410. The Balaban J connectivity index is 1.84. The van der Waals surface area contributed by atoms with Crippen molar-refractivity contribution in [3.05, 3.63) is 59.9 Å². The van der Waals surface area contributed by atoms with Crippen molar-refractivity contribution in [1.29, 1.82) is 0 Å². The first-order chi connectivity index (χ1) is 10.2. The smallest absolute Gasteiger partial charge is 0.262 e. The molecule has 0 fully saturated rings. The Kier molecular flexibility index (Phi) is 5.29. The summed E-state index contributed by atoms with van der Waals surface area (Å²) >= 11 is 0. The molecule has 2 N–H and O–H groups in total. The Morgan fingerprint density at radius 2 is 1.95 bits per heavy atom. The summed E-state index contributed by atoms with van der Waals surface area (Å²) in [6, 6.07) is 12.8. The second-order valence-electron chi connectivity index (χ2n) is 4.46. The van der Waals surface area contributed by atoms with E-state index in [-0.39, 0.29) is 19.1 Å². The third-order valence-electron chi connectivity index (χ3n) is 2.80. The fourth-order valence-corrected chi connectivity index (χ4v) is 1.79. The van der Waals surface area contributed by atoms with E-state index in [9.17, 15) is 9.18 Å². The van der Waals surface area contributed by atoms with E-state index in [1.807, 2.05) is 12.1 Å². The normalized spacial score (nSPS) is 10.2. The average molecular weight is 289 g/mol. The highest BCUT2D eigenvalue weighted by atomic mass is 19.1. The molecular formula is C16H16FNO3. The number of anilines is 1. The zero-order valence-corrected chi connectivity index (χ0v) is 11.4. The van der Waals surface area contributed by atoms with Crippen molar-refractivity contribution in [3.8, 4) is 5.75 Å². The number of halogens is 1. The van der Waals surface area contributed by atoms with E-state index in [4.69, 9.17) is 9.84 Å². The molecule has 0 aromatic heterocycles. The van der Waals surface area contributed by atoms with Crippen LogP contribution in [0.4, 0.5) is 10.1 Å². The quantitative estimate of drug-likeness (QED) is 0.858. The fourth-order valence-electron chi connectivity index (χ4n) is 1.79. The van der Waals surface area contributed by atoms with E-state index in [1.165, 1.54) is 18.2 Å². The highest BCUT2D eigenvalue weighted by molar-refractivity contribution is 5.91. The number of amides is 1. The molecule has 0 saturated carbocycles. The third kappa shape index (κ3) is 4.89. The second kappa shape index (κ2) is 7.40. The molecule has 0 bridgehead atoms. The van der Waals surface area contributed by atoms with Crippen LogP contribution in [0.5, 0.6) is 5.75 Å². The molecule has 0 heterocycles. The first-order valence-corrected chi connectivity index (χ1v) is 6.55. The Bertz CT molecular complexity index is 599. The molecule has 0 aliphatic rings. The van der Waals surface area contributed by atoms with E-state index in [0.29, 0.717) is 17.9 Å². The molecule has 4 nitrogen and oxygen atoms in total. The number of aliphatic hydroxyl groups is 1. The maximum absolute atomic E-state index is 12.9. The predicted molar refractivity (Wildman–Crippen MR) is 77.8 cm³/mol. The van der Waals surface area contributed by atoms with Gasteiger partial charge < -0.3 is 15.2 Å². The van der Waals surface area contributed by atoms with Gasteiger partial charge in [-0.2, -0.15) is 0 Å². The number of carbonyl (C=O) groups is 1. The van der Waals surface area contributed by atoms with Gasteiger partial charge in [-0.15, -0.1) is 0 Å². The van der Waals surface area contributed by atoms with Gasteiger partial charge >= 0.3 is 0 Å². The molecule has 2 rings (SSSR count). The Morgan fingerprint density at radius 1 is 1.19 bits per heavy atom. The van der Waals surface area contributed by atoms with Crippen LogP contribution in [0.2, 0.25) is 0 Å². The molecule has 110 valence electrons. The molecule has 0 aliphatic heterocycles. The number of ether oxygens (including phenoxy) is 1. The Hall–Kier alpha value is -2.40. The van der Waals surface area contributed by atoms with E-state index >= 15 is 0 Å². The van der Waals surface area contributed by atoms with Gasteiger partial charge in [-0.25, -0.2) is 4.39 Å². The van der Waals surface area contributed by atoms with Crippen molar-refractivity contribution < 1.29 is 19.0 Å². The van der Waals surface area contributed by atoms with Crippen molar-refractivity contribution in [2.75, 3.05) is 18.5 Å². The van der Waals surface area contributed by atoms with Gasteiger partial charge in [-0.05, 0) is 36.2 Å². The topological polar surface area (TPSA) is 58.6 Å². The number of hydrogen-bond acceptors (Lipinski definition) is 3. The van der Waals surface area contributed by atoms with Crippen molar-refractivity contribution in [1.82, 2.24) is 0 Å². The van der Waals surface area contributed by atoms with Crippen molar-refractivity contribution >= 4 is 11.6 Å². The number of nitrogens with one attached hydrogen (secondary N) is 1. The van der Waals surface area contributed by atoms with Crippen LogP contribution >= 0.6 is 0 Å². The van der Waals surface area contributed by atoms with Crippen LogP contribution < -0.4 is 10.1 Å². The van der Waals surface area contributed by atoms with Crippen LogP contribution in [-0.2, 0) is 11.2 Å². The lowest BCUT2D eigenvalue weighted by molar-refractivity contribution is -0.118. The SMILES string of the molecule is O=C(COc1cccc(F)c1)Nc1ccc(CCO)cc1. The lowest BCUT2D eigenvalue weighted by Crippen LogP contribution is -2.20. The molecule has 0 atom stereocenters. The number of benzene rings is 2. The summed E-state index contributed by atoms with van der Waals surface area (Å²) in [5.74, 6) is -0.426.